The van der Waals surface area contributed by atoms with Gasteiger partial charge in [-0.15, -0.1) is 0 Å². The van der Waals surface area contributed by atoms with Crippen LogP contribution in [0.3, 0.4) is 0 Å². The van der Waals surface area contributed by atoms with Crippen molar-refractivity contribution in [2.75, 3.05) is 40.4 Å². The van der Waals surface area contributed by atoms with Gasteiger partial charge in [-0.25, -0.2) is 8.42 Å². The molecule has 1 N–H and O–H groups in total. The second kappa shape index (κ2) is 11.3. The van der Waals surface area contributed by atoms with E-state index in [-0.39, 0.29) is 6.54 Å². The first-order chi connectivity index (χ1) is 16.9. The Morgan fingerprint density at radius 1 is 0.914 bits per heavy atom. The van der Waals surface area contributed by atoms with Crippen molar-refractivity contribution in [3.63, 3.8) is 0 Å². The van der Waals surface area contributed by atoms with Crippen LogP contribution in [0.2, 0.25) is 0 Å². The van der Waals surface area contributed by atoms with Crippen molar-refractivity contribution in [2.24, 2.45) is 0 Å². The molecule has 4 rings (SSSR count). The van der Waals surface area contributed by atoms with Gasteiger partial charge in [-0.05, 0) is 73.4 Å². The lowest BCUT2D eigenvalue weighted by molar-refractivity contribution is -0.114. The van der Waals surface area contributed by atoms with Crippen molar-refractivity contribution >= 4 is 33.0 Å². The van der Waals surface area contributed by atoms with Gasteiger partial charge in [0.05, 0.1) is 11.9 Å². The highest BCUT2D eigenvalue weighted by Gasteiger charge is 2.21. The first kappa shape index (κ1) is 24.6. The van der Waals surface area contributed by atoms with Crippen LogP contribution in [-0.4, -0.2) is 40.2 Å². The van der Waals surface area contributed by atoms with E-state index in [2.05, 4.69) is 10.2 Å². The molecular weight excluding hydrogens is 462 g/mol. The van der Waals surface area contributed by atoms with Gasteiger partial charge in [0.25, 0.3) is 0 Å². The van der Waals surface area contributed by atoms with Crippen molar-refractivity contribution in [1.82, 2.24) is 0 Å². The zero-order valence-corrected chi connectivity index (χ0v) is 20.7. The summed E-state index contributed by atoms with van der Waals surface area (Å²) in [7, 11) is -3.67. The number of piperidine rings is 1. The number of carbonyl (C=O) groups is 1. The summed E-state index contributed by atoms with van der Waals surface area (Å²) < 4.78 is 31.8. The van der Waals surface area contributed by atoms with E-state index in [1.807, 2.05) is 54.6 Å². The van der Waals surface area contributed by atoms with Crippen molar-refractivity contribution in [2.45, 2.75) is 25.9 Å². The number of ether oxygens (including phenoxy) is 1. The fourth-order valence-electron chi connectivity index (χ4n) is 4.09. The Balaban J connectivity index is 1.37. The molecule has 7 nitrogen and oxygen atoms in total. The molecule has 1 aliphatic rings. The van der Waals surface area contributed by atoms with E-state index in [1.165, 1.54) is 19.3 Å². The highest BCUT2D eigenvalue weighted by Crippen LogP contribution is 2.24. The van der Waals surface area contributed by atoms with Crippen LogP contribution < -0.4 is 19.3 Å². The zero-order valence-electron chi connectivity index (χ0n) is 19.9. The van der Waals surface area contributed by atoms with Crippen LogP contribution in [-0.2, 0) is 21.4 Å². The normalized spacial score (nSPS) is 13.8. The summed E-state index contributed by atoms with van der Waals surface area (Å²) in [4.78, 5) is 15.0. The first-order valence-electron chi connectivity index (χ1n) is 11.8. The Morgan fingerprint density at radius 2 is 1.57 bits per heavy atom. The van der Waals surface area contributed by atoms with E-state index in [1.54, 1.807) is 24.3 Å². The summed E-state index contributed by atoms with van der Waals surface area (Å²) in [6.07, 6.45) is 4.75. The number of rotatable bonds is 9. The smallest absolute Gasteiger partial charge is 0.245 e. The van der Waals surface area contributed by atoms with Gasteiger partial charge < -0.3 is 15.0 Å². The van der Waals surface area contributed by atoms with E-state index in [0.29, 0.717) is 23.7 Å². The number of hydrogen-bond donors (Lipinski definition) is 1. The van der Waals surface area contributed by atoms with Crippen molar-refractivity contribution in [3.05, 3.63) is 84.4 Å². The predicted molar refractivity (Wildman–Crippen MR) is 141 cm³/mol. The minimum absolute atomic E-state index is 0.322. The number of anilines is 3. The van der Waals surface area contributed by atoms with Crippen molar-refractivity contribution in [3.8, 4) is 5.75 Å². The van der Waals surface area contributed by atoms with Gasteiger partial charge in [0, 0.05) is 24.5 Å². The molecule has 1 fully saturated rings. The Bertz CT molecular complexity index is 1210. The highest BCUT2D eigenvalue weighted by atomic mass is 32.2. The van der Waals surface area contributed by atoms with Crippen molar-refractivity contribution < 1.29 is 17.9 Å². The topological polar surface area (TPSA) is 79.0 Å². The monoisotopic (exact) mass is 493 g/mol. The maximum Gasteiger partial charge on any atom is 0.245 e. The molecular formula is C27H31N3O4S. The van der Waals surface area contributed by atoms with Gasteiger partial charge in [0.1, 0.15) is 18.9 Å². The molecule has 0 atom stereocenters. The molecule has 0 saturated carbocycles. The SMILES string of the molecule is CS(=O)(=O)N(CC(=O)Nc1ccc(N2CCCCC2)cc1)c1ccc(OCc2ccccc2)cc1. The second-order valence-electron chi connectivity index (χ2n) is 8.68. The summed E-state index contributed by atoms with van der Waals surface area (Å²) in [5, 5.41) is 2.81. The zero-order chi connectivity index (χ0) is 24.7. The number of nitrogens with one attached hydrogen (secondary N) is 1. The van der Waals surface area contributed by atoms with Crippen LogP contribution in [0.15, 0.2) is 78.9 Å². The molecule has 0 unspecified atom stereocenters. The minimum atomic E-state index is -3.67. The second-order valence-corrected chi connectivity index (χ2v) is 10.6. The van der Waals surface area contributed by atoms with Gasteiger partial charge in [-0.2, -0.15) is 0 Å². The van der Waals surface area contributed by atoms with Gasteiger partial charge >= 0.3 is 0 Å². The van der Waals surface area contributed by atoms with Gasteiger partial charge in [-0.3, -0.25) is 9.10 Å². The van der Waals surface area contributed by atoms with Crippen LogP contribution >= 0.6 is 0 Å². The van der Waals surface area contributed by atoms with E-state index in [4.69, 9.17) is 4.74 Å². The van der Waals surface area contributed by atoms with Crippen LogP contribution in [0.5, 0.6) is 5.75 Å². The Morgan fingerprint density at radius 3 is 2.20 bits per heavy atom. The number of hydrogen-bond acceptors (Lipinski definition) is 5. The molecule has 1 saturated heterocycles. The molecule has 0 aromatic heterocycles. The molecule has 0 spiro atoms. The summed E-state index contributed by atoms with van der Waals surface area (Å²) >= 11 is 0. The standard InChI is InChI=1S/C27H31N3O4S/c1-35(32,33)30(25-14-16-26(17-15-25)34-21-22-8-4-2-5-9-22)20-27(31)28-23-10-12-24(13-11-23)29-18-6-3-7-19-29/h2,4-5,8-17H,3,6-7,18-21H2,1H3,(H,28,31). The van der Waals surface area contributed by atoms with Crippen LogP contribution in [0.25, 0.3) is 0 Å². The summed E-state index contributed by atoms with van der Waals surface area (Å²) in [5.74, 6) is 0.204. The average molecular weight is 494 g/mol. The highest BCUT2D eigenvalue weighted by molar-refractivity contribution is 7.92. The van der Waals surface area contributed by atoms with Crippen LogP contribution in [0.4, 0.5) is 17.1 Å². The lowest BCUT2D eigenvalue weighted by atomic mass is 10.1. The summed E-state index contributed by atoms with van der Waals surface area (Å²) in [5.41, 5.74) is 3.20. The fraction of sp³-hybridized carbons (Fsp3) is 0.296. The molecule has 8 heteroatoms. The third kappa shape index (κ3) is 6.99. The van der Waals surface area contributed by atoms with Gasteiger partial charge in [-0.1, -0.05) is 30.3 Å². The Kier molecular flexibility index (Phi) is 7.92. The number of benzene rings is 3. The minimum Gasteiger partial charge on any atom is -0.489 e. The molecule has 0 aliphatic carbocycles. The average Bonchev–Trinajstić information content (AvgIpc) is 2.87. The van der Waals surface area contributed by atoms with Crippen LogP contribution in [0.1, 0.15) is 24.8 Å². The summed E-state index contributed by atoms with van der Waals surface area (Å²) in [6.45, 7) is 2.18. The molecule has 184 valence electrons. The quantitative estimate of drug-likeness (QED) is 0.469. The lowest BCUT2D eigenvalue weighted by Gasteiger charge is -2.28. The Hall–Kier alpha value is -3.52. The molecule has 35 heavy (non-hydrogen) atoms. The largest absolute Gasteiger partial charge is 0.489 e. The Labute approximate surface area is 207 Å². The summed E-state index contributed by atoms with van der Waals surface area (Å²) in [6, 6.07) is 24.1. The number of carbonyl (C=O) groups excluding carboxylic acids is 1. The number of nitrogens with zero attached hydrogens (tertiary/aromatic N) is 2. The number of sulfonamides is 1. The van der Waals surface area contributed by atoms with Crippen LogP contribution in [0, 0.1) is 0 Å². The molecule has 1 heterocycles. The third-order valence-electron chi connectivity index (χ3n) is 5.93. The third-order valence-corrected chi connectivity index (χ3v) is 7.07. The molecule has 1 amide bonds. The molecule has 3 aromatic rings. The van der Waals surface area contributed by atoms with E-state index in [0.717, 1.165) is 34.9 Å². The van der Waals surface area contributed by atoms with Crippen molar-refractivity contribution in [1.29, 1.82) is 0 Å². The van der Waals surface area contributed by atoms with E-state index in [9.17, 15) is 13.2 Å². The van der Waals surface area contributed by atoms with Gasteiger partial charge in [0.2, 0.25) is 15.9 Å². The first-order valence-corrected chi connectivity index (χ1v) is 13.6. The molecule has 0 bridgehead atoms. The number of amides is 1. The maximum absolute atomic E-state index is 12.7. The van der Waals surface area contributed by atoms with E-state index >= 15 is 0 Å². The van der Waals surface area contributed by atoms with E-state index < -0.39 is 15.9 Å². The maximum atomic E-state index is 12.7. The van der Waals surface area contributed by atoms with Gasteiger partial charge in [0.15, 0.2) is 0 Å². The molecule has 0 radical (unpaired) electrons. The molecule has 1 aliphatic heterocycles. The molecule has 3 aromatic carbocycles. The lowest BCUT2D eigenvalue weighted by Crippen LogP contribution is -2.37. The predicted octanol–water partition coefficient (Wildman–Crippen LogP) is 4.66. The fourth-order valence-corrected chi connectivity index (χ4v) is 4.94.